The predicted octanol–water partition coefficient (Wildman–Crippen LogP) is 3.27. The van der Waals surface area contributed by atoms with Crippen LogP contribution in [0.1, 0.15) is 24.2 Å². The molecule has 4 heteroatoms. The van der Waals surface area contributed by atoms with Crippen LogP contribution < -0.4 is 10.1 Å². The fourth-order valence-corrected chi connectivity index (χ4v) is 2.22. The van der Waals surface area contributed by atoms with Gasteiger partial charge in [0.15, 0.2) is 6.10 Å². The SMILES string of the molecule is COC(CNC(=O)C(C)Oc1ccc(C)cc1)c1ccccc1. The Balaban J connectivity index is 1.86. The third-order valence-electron chi connectivity index (χ3n) is 3.62. The average molecular weight is 313 g/mol. The van der Waals surface area contributed by atoms with Gasteiger partial charge in [-0.05, 0) is 31.5 Å². The van der Waals surface area contributed by atoms with Crippen LogP contribution >= 0.6 is 0 Å². The van der Waals surface area contributed by atoms with Crippen LogP contribution in [0.2, 0.25) is 0 Å². The number of hydrogen-bond donors (Lipinski definition) is 1. The summed E-state index contributed by atoms with van der Waals surface area (Å²) in [5.41, 5.74) is 2.18. The molecular formula is C19H23NO3. The second-order valence-electron chi connectivity index (χ2n) is 5.45. The molecule has 0 aliphatic rings. The number of carbonyl (C=O) groups excluding carboxylic acids is 1. The second kappa shape index (κ2) is 8.34. The van der Waals surface area contributed by atoms with Crippen molar-refractivity contribution in [3.63, 3.8) is 0 Å². The van der Waals surface area contributed by atoms with E-state index in [1.807, 2.05) is 61.5 Å². The predicted molar refractivity (Wildman–Crippen MR) is 90.5 cm³/mol. The first-order valence-electron chi connectivity index (χ1n) is 7.69. The fourth-order valence-electron chi connectivity index (χ4n) is 2.22. The van der Waals surface area contributed by atoms with E-state index in [0.717, 1.165) is 11.1 Å². The highest BCUT2D eigenvalue weighted by Crippen LogP contribution is 2.16. The summed E-state index contributed by atoms with van der Waals surface area (Å²) in [4.78, 5) is 12.2. The number of aryl methyl sites for hydroxylation is 1. The van der Waals surface area contributed by atoms with Crippen molar-refractivity contribution in [3.05, 3.63) is 65.7 Å². The first-order chi connectivity index (χ1) is 11.1. The van der Waals surface area contributed by atoms with E-state index in [0.29, 0.717) is 12.3 Å². The Morgan fingerprint density at radius 1 is 1.09 bits per heavy atom. The molecule has 0 saturated heterocycles. The zero-order valence-electron chi connectivity index (χ0n) is 13.8. The zero-order valence-corrected chi connectivity index (χ0v) is 13.8. The van der Waals surface area contributed by atoms with E-state index in [2.05, 4.69) is 5.32 Å². The van der Waals surface area contributed by atoms with Gasteiger partial charge in [0.25, 0.3) is 5.91 Å². The smallest absolute Gasteiger partial charge is 0.260 e. The van der Waals surface area contributed by atoms with Gasteiger partial charge in [0, 0.05) is 13.7 Å². The van der Waals surface area contributed by atoms with Crippen LogP contribution in [0.3, 0.4) is 0 Å². The van der Waals surface area contributed by atoms with E-state index in [9.17, 15) is 4.79 Å². The van der Waals surface area contributed by atoms with Crippen LogP contribution in [-0.2, 0) is 9.53 Å². The molecule has 2 unspecified atom stereocenters. The zero-order chi connectivity index (χ0) is 16.7. The molecule has 0 saturated carbocycles. The topological polar surface area (TPSA) is 47.6 Å². The molecule has 122 valence electrons. The van der Waals surface area contributed by atoms with Gasteiger partial charge in [-0.15, -0.1) is 0 Å². The van der Waals surface area contributed by atoms with Crippen molar-refractivity contribution in [2.45, 2.75) is 26.1 Å². The first kappa shape index (κ1) is 17.0. The van der Waals surface area contributed by atoms with Crippen LogP contribution in [-0.4, -0.2) is 25.7 Å². The van der Waals surface area contributed by atoms with Crippen LogP contribution in [0.4, 0.5) is 0 Å². The van der Waals surface area contributed by atoms with Gasteiger partial charge in [0.05, 0.1) is 6.10 Å². The number of hydrogen-bond acceptors (Lipinski definition) is 3. The lowest BCUT2D eigenvalue weighted by Gasteiger charge is -2.19. The van der Waals surface area contributed by atoms with Crippen LogP contribution in [0.15, 0.2) is 54.6 Å². The van der Waals surface area contributed by atoms with Gasteiger partial charge in [-0.2, -0.15) is 0 Å². The summed E-state index contributed by atoms with van der Waals surface area (Å²) in [6, 6.07) is 17.4. The Kier molecular flexibility index (Phi) is 6.18. The van der Waals surface area contributed by atoms with Crippen molar-refractivity contribution < 1.29 is 14.3 Å². The number of ether oxygens (including phenoxy) is 2. The first-order valence-corrected chi connectivity index (χ1v) is 7.69. The van der Waals surface area contributed by atoms with Crippen molar-refractivity contribution in [1.29, 1.82) is 0 Å². The molecule has 4 nitrogen and oxygen atoms in total. The van der Waals surface area contributed by atoms with Crippen molar-refractivity contribution in [3.8, 4) is 5.75 Å². The normalized spacial score (nSPS) is 13.2. The molecule has 1 N–H and O–H groups in total. The summed E-state index contributed by atoms with van der Waals surface area (Å²) in [5, 5.41) is 2.87. The van der Waals surface area contributed by atoms with E-state index in [1.165, 1.54) is 0 Å². The summed E-state index contributed by atoms with van der Waals surface area (Å²) in [6.07, 6.45) is -0.738. The van der Waals surface area contributed by atoms with E-state index in [1.54, 1.807) is 14.0 Å². The molecule has 0 aliphatic carbocycles. The molecule has 0 bridgehead atoms. The standard InChI is InChI=1S/C19H23NO3/c1-14-9-11-17(12-10-14)23-15(2)19(21)20-13-18(22-3)16-7-5-4-6-8-16/h4-12,15,18H,13H2,1-3H3,(H,20,21). The van der Waals surface area contributed by atoms with E-state index >= 15 is 0 Å². The quantitative estimate of drug-likeness (QED) is 0.853. The minimum atomic E-state index is -0.564. The lowest BCUT2D eigenvalue weighted by Crippen LogP contribution is -2.38. The highest BCUT2D eigenvalue weighted by atomic mass is 16.5. The molecule has 0 radical (unpaired) electrons. The lowest BCUT2D eigenvalue weighted by atomic mass is 10.1. The average Bonchev–Trinajstić information content (AvgIpc) is 2.58. The van der Waals surface area contributed by atoms with Gasteiger partial charge in [0.2, 0.25) is 0 Å². The van der Waals surface area contributed by atoms with Gasteiger partial charge in [-0.3, -0.25) is 4.79 Å². The molecule has 2 aromatic carbocycles. The highest BCUT2D eigenvalue weighted by Gasteiger charge is 2.17. The van der Waals surface area contributed by atoms with Crippen molar-refractivity contribution in [2.24, 2.45) is 0 Å². The number of methoxy groups -OCH3 is 1. The van der Waals surface area contributed by atoms with Crippen LogP contribution in [0.5, 0.6) is 5.75 Å². The molecule has 0 aliphatic heterocycles. The van der Waals surface area contributed by atoms with Crippen molar-refractivity contribution >= 4 is 5.91 Å². The minimum absolute atomic E-state index is 0.163. The van der Waals surface area contributed by atoms with Gasteiger partial charge < -0.3 is 14.8 Å². The summed E-state index contributed by atoms with van der Waals surface area (Å²) in [7, 11) is 1.63. The minimum Gasteiger partial charge on any atom is -0.481 e. The maximum atomic E-state index is 12.2. The molecular weight excluding hydrogens is 290 g/mol. The number of carbonyl (C=O) groups is 1. The van der Waals surface area contributed by atoms with Crippen LogP contribution in [0.25, 0.3) is 0 Å². The summed E-state index contributed by atoms with van der Waals surface area (Å²) in [6.45, 7) is 4.15. The third-order valence-corrected chi connectivity index (χ3v) is 3.62. The number of rotatable bonds is 7. The maximum Gasteiger partial charge on any atom is 0.260 e. The monoisotopic (exact) mass is 313 g/mol. The second-order valence-corrected chi connectivity index (χ2v) is 5.45. The van der Waals surface area contributed by atoms with Gasteiger partial charge in [-0.1, -0.05) is 48.0 Å². The fraction of sp³-hybridized carbons (Fsp3) is 0.316. The largest absolute Gasteiger partial charge is 0.481 e. The Morgan fingerprint density at radius 2 is 1.74 bits per heavy atom. The molecule has 2 rings (SSSR count). The van der Waals surface area contributed by atoms with E-state index in [-0.39, 0.29) is 12.0 Å². The molecule has 2 atom stereocenters. The number of amides is 1. The number of benzene rings is 2. The van der Waals surface area contributed by atoms with E-state index < -0.39 is 6.10 Å². The van der Waals surface area contributed by atoms with Crippen LogP contribution in [0, 0.1) is 6.92 Å². The molecule has 0 aromatic heterocycles. The summed E-state index contributed by atoms with van der Waals surface area (Å²) in [5.74, 6) is 0.521. The molecule has 2 aromatic rings. The van der Waals surface area contributed by atoms with Crippen molar-refractivity contribution in [1.82, 2.24) is 5.32 Å². The van der Waals surface area contributed by atoms with Crippen molar-refractivity contribution in [2.75, 3.05) is 13.7 Å². The molecule has 1 amide bonds. The summed E-state index contributed by atoms with van der Waals surface area (Å²) < 4.78 is 11.1. The highest BCUT2D eigenvalue weighted by molar-refractivity contribution is 5.80. The third kappa shape index (κ3) is 5.11. The maximum absolute atomic E-state index is 12.2. The molecule has 0 fully saturated rings. The van der Waals surface area contributed by atoms with E-state index in [4.69, 9.17) is 9.47 Å². The molecule has 0 heterocycles. The Bertz CT molecular complexity index is 610. The Labute approximate surface area is 137 Å². The Morgan fingerprint density at radius 3 is 2.35 bits per heavy atom. The molecule has 23 heavy (non-hydrogen) atoms. The Hall–Kier alpha value is -2.33. The summed E-state index contributed by atoms with van der Waals surface area (Å²) >= 11 is 0. The van der Waals surface area contributed by atoms with Gasteiger partial charge >= 0.3 is 0 Å². The number of nitrogens with one attached hydrogen (secondary N) is 1. The molecule has 0 spiro atoms. The van der Waals surface area contributed by atoms with Gasteiger partial charge in [0.1, 0.15) is 5.75 Å². The lowest BCUT2D eigenvalue weighted by molar-refractivity contribution is -0.127. The van der Waals surface area contributed by atoms with Gasteiger partial charge in [-0.25, -0.2) is 0 Å².